The number of β-amino-alcohol motifs (C(OH)–C–C–N with tert-alkyl or cyclic N) is 1. The molecule has 1 aliphatic heterocycles. The van der Waals surface area contributed by atoms with E-state index in [-0.39, 0.29) is 24.9 Å². The van der Waals surface area contributed by atoms with Gasteiger partial charge in [0.2, 0.25) is 15.9 Å². The number of nitrogens with one attached hydrogen (secondary N) is 3. The van der Waals surface area contributed by atoms with Crippen molar-refractivity contribution in [2.45, 2.75) is 30.1 Å². The van der Waals surface area contributed by atoms with Crippen LogP contribution in [0.1, 0.15) is 12.5 Å². The summed E-state index contributed by atoms with van der Waals surface area (Å²) in [5.41, 5.74) is -1.31. The number of rotatable bonds is 6. The molecule has 7 nitrogen and oxygen atoms in total. The summed E-state index contributed by atoms with van der Waals surface area (Å²) in [6.45, 7) is 2.25. The van der Waals surface area contributed by atoms with Gasteiger partial charge in [0.05, 0.1) is 22.6 Å². The third-order valence-electron chi connectivity index (χ3n) is 4.05. The Morgan fingerprint density at radius 3 is 2.52 bits per heavy atom. The molecule has 0 bridgehead atoms. The summed E-state index contributed by atoms with van der Waals surface area (Å²) in [5, 5.41) is 15.1. The van der Waals surface area contributed by atoms with Crippen molar-refractivity contribution in [1.82, 2.24) is 15.4 Å². The second kappa shape index (κ2) is 9.20. The van der Waals surface area contributed by atoms with Crippen molar-refractivity contribution in [3.05, 3.63) is 29.8 Å². The van der Waals surface area contributed by atoms with E-state index in [0.29, 0.717) is 19.2 Å². The molecule has 0 radical (unpaired) electrons. The number of amides is 1. The maximum Gasteiger partial charge on any atom is 0.417 e. The van der Waals surface area contributed by atoms with Gasteiger partial charge in [-0.05, 0) is 19.1 Å². The first-order valence-electron chi connectivity index (χ1n) is 7.87. The van der Waals surface area contributed by atoms with E-state index in [4.69, 9.17) is 0 Å². The first-order valence-corrected chi connectivity index (χ1v) is 9.35. The SMILES string of the molecule is CC(NS(=O)(=O)c1ccccc1C(F)(F)F)C(=O)NCC1CNCC1O.Cl. The molecule has 1 amide bonds. The molecule has 2 rings (SSSR count). The zero-order valence-electron chi connectivity index (χ0n) is 14.3. The number of aliphatic hydroxyl groups is 1. The molecule has 4 N–H and O–H groups in total. The summed E-state index contributed by atoms with van der Waals surface area (Å²) in [6.07, 6.45) is -5.47. The van der Waals surface area contributed by atoms with E-state index < -0.39 is 44.7 Å². The quantitative estimate of drug-likeness (QED) is 0.524. The van der Waals surface area contributed by atoms with Crippen molar-refractivity contribution in [3.63, 3.8) is 0 Å². The van der Waals surface area contributed by atoms with Gasteiger partial charge in [0.25, 0.3) is 0 Å². The zero-order chi connectivity index (χ0) is 19.5. The van der Waals surface area contributed by atoms with Gasteiger partial charge in [0.1, 0.15) is 0 Å². The molecular formula is C15H21ClF3N3O4S. The Morgan fingerprint density at radius 2 is 1.96 bits per heavy atom. The van der Waals surface area contributed by atoms with Gasteiger partial charge in [0.15, 0.2) is 0 Å². The molecule has 0 saturated carbocycles. The highest BCUT2D eigenvalue weighted by Crippen LogP contribution is 2.33. The van der Waals surface area contributed by atoms with Crippen molar-refractivity contribution >= 4 is 28.3 Å². The lowest BCUT2D eigenvalue weighted by Crippen LogP contribution is -2.47. The molecule has 1 saturated heterocycles. The van der Waals surface area contributed by atoms with Gasteiger partial charge in [-0.25, -0.2) is 8.42 Å². The number of carbonyl (C=O) groups excluding carboxylic acids is 1. The maximum atomic E-state index is 13.0. The van der Waals surface area contributed by atoms with Crippen molar-refractivity contribution < 1.29 is 31.5 Å². The topological polar surface area (TPSA) is 108 Å². The molecule has 0 aromatic heterocycles. The third-order valence-corrected chi connectivity index (χ3v) is 5.65. The normalized spacial score (nSPS) is 21.4. The molecule has 1 aromatic carbocycles. The second-order valence-corrected chi connectivity index (χ2v) is 7.75. The molecule has 3 atom stereocenters. The van der Waals surface area contributed by atoms with Gasteiger partial charge < -0.3 is 15.7 Å². The molecular weight excluding hydrogens is 411 g/mol. The minimum Gasteiger partial charge on any atom is -0.391 e. The third kappa shape index (κ3) is 6.04. The Hall–Kier alpha value is -1.40. The lowest BCUT2D eigenvalue weighted by molar-refractivity contribution is -0.139. The molecule has 12 heteroatoms. The Kier molecular flexibility index (Phi) is 8.05. The van der Waals surface area contributed by atoms with E-state index in [0.717, 1.165) is 12.1 Å². The number of halogens is 4. The lowest BCUT2D eigenvalue weighted by Gasteiger charge is -2.19. The smallest absolute Gasteiger partial charge is 0.391 e. The van der Waals surface area contributed by atoms with Crippen LogP contribution in [-0.2, 0) is 21.0 Å². The van der Waals surface area contributed by atoms with E-state index >= 15 is 0 Å². The van der Waals surface area contributed by atoms with Crippen LogP contribution < -0.4 is 15.4 Å². The maximum absolute atomic E-state index is 13.0. The number of alkyl halides is 3. The van der Waals surface area contributed by atoms with Crippen LogP contribution in [0.4, 0.5) is 13.2 Å². The highest BCUT2D eigenvalue weighted by molar-refractivity contribution is 7.89. The van der Waals surface area contributed by atoms with Crippen LogP contribution in [0.15, 0.2) is 29.2 Å². The molecule has 154 valence electrons. The van der Waals surface area contributed by atoms with Crippen LogP contribution in [0.25, 0.3) is 0 Å². The van der Waals surface area contributed by atoms with Gasteiger partial charge in [0, 0.05) is 25.6 Å². The van der Waals surface area contributed by atoms with Gasteiger partial charge >= 0.3 is 6.18 Å². The number of sulfonamides is 1. The Labute approximate surface area is 161 Å². The van der Waals surface area contributed by atoms with Gasteiger partial charge in [-0.15, -0.1) is 12.4 Å². The molecule has 1 heterocycles. The van der Waals surface area contributed by atoms with E-state index in [1.54, 1.807) is 0 Å². The van der Waals surface area contributed by atoms with Crippen molar-refractivity contribution in [3.8, 4) is 0 Å². The summed E-state index contributed by atoms with van der Waals surface area (Å²) < 4.78 is 65.5. The first-order chi connectivity index (χ1) is 12.0. The summed E-state index contributed by atoms with van der Waals surface area (Å²) >= 11 is 0. The second-order valence-electron chi connectivity index (χ2n) is 6.07. The molecule has 0 aliphatic carbocycles. The lowest BCUT2D eigenvalue weighted by atomic mass is 10.1. The largest absolute Gasteiger partial charge is 0.417 e. The minimum atomic E-state index is -4.84. The van der Waals surface area contributed by atoms with Crippen LogP contribution in [0, 0.1) is 5.92 Å². The van der Waals surface area contributed by atoms with Crippen LogP contribution in [0.3, 0.4) is 0 Å². The molecule has 1 fully saturated rings. The van der Waals surface area contributed by atoms with Crippen LogP contribution in [0.2, 0.25) is 0 Å². The molecule has 1 aromatic rings. The Bertz CT molecular complexity index is 761. The van der Waals surface area contributed by atoms with Crippen molar-refractivity contribution in [2.75, 3.05) is 19.6 Å². The number of hydrogen-bond donors (Lipinski definition) is 4. The van der Waals surface area contributed by atoms with Crippen molar-refractivity contribution in [2.24, 2.45) is 5.92 Å². The highest BCUT2D eigenvalue weighted by Gasteiger charge is 2.37. The predicted molar refractivity (Wildman–Crippen MR) is 93.9 cm³/mol. The fourth-order valence-corrected chi connectivity index (χ4v) is 4.03. The fraction of sp³-hybridized carbons (Fsp3) is 0.533. The monoisotopic (exact) mass is 431 g/mol. The summed E-state index contributed by atoms with van der Waals surface area (Å²) in [7, 11) is -4.56. The Balaban J connectivity index is 0.00000364. The molecule has 0 spiro atoms. The molecule has 1 aliphatic rings. The summed E-state index contributed by atoms with van der Waals surface area (Å²) in [6, 6.07) is 2.46. The van der Waals surface area contributed by atoms with Crippen LogP contribution in [0.5, 0.6) is 0 Å². The summed E-state index contributed by atoms with van der Waals surface area (Å²) in [4.78, 5) is 11.1. The van der Waals surface area contributed by atoms with Gasteiger partial charge in [-0.2, -0.15) is 17.9 Å². The van der Waals surface area contributed by atoms with Crippen molar-refractivity contribution in [1.29, 1.82) is 0 Å². The number of hydrogen-bond acceptors (Lipinski definition) is 5. The number of aliphatic hydroxyl groups excluding tert-OH is 1. The average molecular weight is 432 g/mol. The number of carbonyl (C=O) groups is 1. The Morgan fingerprint density at radius 1 is 1.33 bits per heavy atom. The van der Waals surface area contributed by atoms with E-state index in [1.807, 2.05) is 4.72 Å². The van der Waals surface area contributed by atoms with Crippen LogP contribution in [-0.4, -0.2) is 51.2 Å². The standard InChI is InChI=1S/C15H20F3N3O4S.ClH/c1-9(14(23)20-7-10-6-19-8-12(10)22)21-26(24,25)13-5-3-2-4-11(13)15(16,17)18;/h2-5,9-10,12,19,21-22H,6-8H2,1H3,(H,20,23);1H. The minimum absolute atomic E-state index is 0. The van der Waals surface area contributed by atoms with E-state index in [9.17, 15) is 31.5 Å². The summed E-state index contributed by atoms with van der Waals surface area (Å²) in [5.74, 6) is -0.911. The van der Waals surface area contributed by atoms with Crippen LogP contribution >= 0.6 is 12.4 Å². The molecule has 3 unspecified atom stereocenters. The highest BCUT2D eigenvalue weighted by atomic mass is 35.5. The van der Waals surface area contributed by atoms with Gasteiger partial charge in [-0.3, -0.25) is 4.79 Å². The van der Waals surface area contributed by atoms with E-state index in [2.05, 4.69) is 10.6 Å². The first kappa shape index (κ1) is 23.6. The average Bonchev–Trinajstić information content (AvgIpc) is 2.96. The number of benzene rings is 1. The van der Waals surface area contributed by atoms with Gasteiger partial charge in [-0.1, -0.05) is 12.1 Å². The molecule has 27 heavy (non-hydrogen) atoms. The zero-order valence-corrected chi connectivity index (χ0v) is 15.9. The predicted octanol–water partition coefficient (Wildman–Crippen LogP) is 0.490. The fourth-order valence-electron chi connectivity index (χ4n) is 2.60. The van der Waals surface area contributed by atoms with E-state index in [1.165, 1.54) is 13.0 Å².